The second-order valence-electron chi connectivity index (χ2n) is 5.14. The lowest BCUT2D eigenvalue weighted by atomic mass is 10.0. The van der Waals surface area contributed by atoms with Gasteiger partial charge in [-0.3, -0.25) is 0 Å². The van der Waals surface area contributed by atoms with E-state index < -0.39 is 0 Å². The maximum atomic E-state index is 6.07. The first-order chi connectivity index (χ1) is 8.45. The van der Waals surface area contributed by atoms with Crippen LogP contribution in [0.4, 0.5) is 0 Å². The van der Waals surface area contributed by atoms with Gasteiger partial charge in [-0.2, -0.15) is 0 Å². The third-order valence-electron chi connectivity index (χ3n) is 3.22. The fourth-order valence-electron chi connectivity index (χ4n) is 1.69. The summed E-state index contributed by atoms with van der Waals surface area (Å²) >= 11 is 0. The fourth-order valence-corrected chi connectivity index (χ4v) is 1.69. The summed E-state index contributed by atoms with van der Waals surface area (Å²) in [6.07, 6.45) is 0.108. The van der Waals surface area contributed by atoms with E-state index in [0.29, 0.717) is 5.92 Å². The second kappa shape index (κ2) is 6.76. The Hall–Kier alpha value is -1.06. The Morgan fingerprint density at radius 2 is 1.56 bits per heavy atom. The molecule has 0 bridgehead atoms. The molecule has 0 amide bonds. The molecule has 0 saturated heterocycles. The minimum Gasteiger partial charge on any atom is -0.497 e. The highest BCUT2D eigenvalue weighted by Crippen LogP contribution is 2.25. The Balaban J connectivity index is 2.83. The molecule has 1 aromatic rings. The molecule has 3 heteroatoms. The van der Waals surface area contributed by atoms with Gasteiger partial charge < -0.3 is 15.2 Å². The fraction of sp³-hybridized carbons (Fsp3) is 0.600. The van der Waals surface area contributed by atoms with Gasteiger partial charge in [0, 0.05) is 6.04 Å². The molecule has 18 heavy (non-hydrogen) atoms. The van der Waals surface area contributed by atoms with Crippen LogP contribution in [-0.2, 0) is 4.74 Å². The predicted molar refractivity (Wildman–Crippen MR) is 74.8 cm³/mol. The van der Waals surface area contributed by atoms with E-state index in [1.54, 1.807) is 7.11 Å². The summed E-state index contributed by atoms with van der Waals surface area (Å²) in [6.45, 7) is 8.36. The first-order valence-electron chi connectivity index (χ1n) is 6.50. The molecule has 0 saturated carbocycles. The van der Waals surface area contributed by atoms with Crippen LogP contribution in [0.25, 0.3) is 0 Å². The highest BCUT2D eigenvalue weighted by molar-refractivity contribution is 5.29. The number of methoxy groups -OCH3 is 1. The van der Waals surface area contributed by atoms with E-state index in [1.807, 2.05) is 31.2 Å². The van der Waals surface area contributed by atoms with Crippen molar-refractivity contribution in [2.24, 2.45) is 11.7 Å². The van der Waals surface area contributed by atoms with Gasteiger partial charge >= 0.3 is 0 Å². The van der Waals surface area contributed by atoms with Crippen molar-refractivity contribution in [2.75, 3.05) is 7.11 Å². The molecule has 0 aliphatic rings. The Morgan fingerprint density at radius 1 is 1.00 bits per heavy atom. The van der Waals surface area contributed by atoms with Gasteiger partial charge in [0.15, 0.2) is 0 Å². The van der Waals surface area contributed by atoms with Crippen LogP contribution in [0.2, 0.25) is 0 Å². The van der Waals surface area contributed by atoms with Gasteiger partial charge in [0.05, 0.1) is 19.3 Å². The van der Waals surface area contributed by atoms with Crippen LogP contribution in [0.15, 0.2) is 24.3 Å². The van der Waals surface area contributed by atoms with Gasteiger partial charge in [-0.05, 0) is 37.5 Å². The number of hydrogen-bond donors (Lipinski definition) is 1. The predicted octanol–water partition coefficient (Wildman–Crippen LogP) is 3.14. The van der Waals surface area contributed by atoms with E-state index in [2.05, 4.69) is 20.8 Å². The van der Waals surface area contributed by atoms with Crippen LogP contribution in [0.5, 0.6) is 5.75 Å². The van der Waals surface area contributed by atoms with Crippen molar-refractivity contribution in [3.05, 3.63) is 29.8 Å². The SMILES string of the molecule is COc1ccc(C(OC(C)C(C)C)C(C)N)cc1. The topological polar surface area (TPSA) is 44.5 Å². The molecule has 102 valence electrons. The Kier molecular flexibility index (Phi) is 5.63. The molecule has 1 aromatic carbocycles. The Bertz CT molecular complexity index is 346. The molecule has 0 aliphatic carbocycles. The van der Waals surface area contributed by atoms with Crippen molar-refractivity contribution in [3.63, 3.8) is 0 Å². The van der Waals surface area contributed by atoms with Gasteiger partial charge in [-0.15, -0.1) is 0 Å². The van der Waals surface area contributed by atoms with Gasteiger partial charge in [-0.25, -0.2) is 0 Å². The van der Waals surface area contributed by atoms with Gasteiger partial charge in [0.2, 0.25) is 0 Å². The standard InChI is InChI=1S/C15H25NO2/c1-10(2)12(4)18-15(11(3)16)13-6-8-14(17-5)9-7-13/h6-12,15H,16H2,1-5H3. The Labute approximate surface area is 110 Å². The summed E-state index contributed by atoms with van der Waals surface area (Å²) in [7, 11) is 1.66. The summed E-state index contributed by atoms with van der Waals surface area (Å²) in [5, 5.41) is 0. The van der Waals surface area contributed by atoms with Crippen LogP contribution in [0.1, 0.15) is 39.4 Å². The normalized spacial score (nSPS) is 16.4. The van der Waals surface area contributed by atoms with E-state index in [-0.39, 0.29) is 18.2 Å². The van der Waals surface area contributed by atoms with Crippen LogP contribution in [-0.4, -0.2) is 19.3 Å². The van der Waals surface area contributed by atoms with E-state index in [4.69, 9.17) is 15.2 Å². The number of nitrogens with two attached hydrogens (primary N) is 1. The largest absolute Gasteiger partial charge is 0.497 e. The first-order valence-corrected chi connectivity index (χ1v) is 6.50. The minimum atomic E-state index is -0.0756. The van der Waals surface area contributed by atoms with Crippen LogP contribution >= 0.6 is 0 Å². The molecule has 0 aliphatic heterocycles. The number of ether oxygens (including phenoxy) is 2. The van der Waals surface area contributed by atoms with Crippen molar-refractivity contribution >= 4 is 0 Å². The van der Waals surface area contributed by atoms with Crippen molar-refractivity contribution in [1.29, 1.82) is 0 Å². The van der Waals surface area contributed by atoms with Crippen molar-refractivity contribution in [2.45, 2.75) is 45.9 Å². The minimum absolute atomic E-state index is 0.0420. The molecule has 3 atom stereocenters. The van der Waals surface area contributed by atoms with Gasteiger partial charge in [0.25, 0.3) is 0 Å². The lowest BCUT2D eigenvalue weighted by Crippen LogP contribution is -2.31. The number of benzene rings is 1. The lowest BCUT2D eigenvalue weighted by Gasteiger charge is -2.27. The van der Waals surface area contributed by atoms with E-state index >= 15 is 0 Å². The van der Waals surface area contributed by atoms with Gasteiger partial charge in [0.1, 0.15) is 5.75 Å². The molecular weight excluding hydrogens is 226 g/mol. The quantitative estimate of drug-likeness (QED) is 0.844. The first kappa shape index (κ1) is 15.0. The second-order valence-corrected chi connectivity index (χ2v) is 5.14. The van der Waals surface area contributed by atoms with Crippen molar-refractivity contribution in [3.8, 4) is 5.75 Å². The molecule has 2 N–H and O–H groups in total. The average Bonchev–Trinajstić information content (AvgIpc) is 2.35. The molecule has 1 rings (SSSR count). The zero-order valence-corrected chi connectivity index (χ0v) is 12.0. The van der Waals surface area contributed by atoms with Gasteiger partial charge in [-0.1, -0.05) is 26.0 Å². The van der Waals surface area contributed by atoms with Crippen molar-refractivity contribution < 1.29 is 9.47 Å². The smallest absolute Gasteiger partial charge is 0.118 e. The molecule has 0 heterocycles. The van der Waals surface area contributed by atoms with E-state index in [9.17, 15) is 0 Å². The van der Waals surface area contributed by atoms with Crippen LogP contribution < -0.4 is 10.5 Å². The zero-order valence-electron chi connectivity index (χ0n) is 12.0. The summed E-state index contributed by atoms with van der Waals surface area (Å²) < 4.78 is 11.2. The van der Waals surface area contributed by atoms with Crippen LogP contribution in [0.3, 0.4) is 0 Å². The molecule has 3 unspecified atom stereocenters. The molecule has 0 radical (unpaired) electrons. The van der Waals surface area contributed by atoms with Crippen LogP contribution in [0, 0.1) is 5.92 Å². The van der Waals surface area contributed by atoms with Crippen molar-refractivity contribution in [1.82, 2.24) is 0 Å². The zero-order chi connectivity index (χ0) is 13.7. The molecule has 3 nitrogen and oxygen atoms in total. The number of rotatable bonds is 6. The monoisotopic (exact) mass is 251 g/mol. The highest BCUT2D eigenvalue weighted by atomic mass is 16.5. The average molecular weight is 251 g/mol. The molecule has 0 fully saturated rings. The highest BCUT2D eigenvalue weighted by Gasteiger charge is 2.21. The summed E-state index contributed by atoms with van der Waals surface area (Å²) in [4.78, 5) is 0. The lowest BCUT2D eigenvalue weighted by molar-refractivity contribution is -0.0363. The third-order valence-corrected chi connectivity index (χ3v) is 3.22. The summed E-state index contributed by atoms with van der Waals surface area (Å²) in [6, 6.07) is 7.86. The molecule has 0 aromatic heterocycles. The van der Waals surface area contributed by atoms with E-state index in [1.165, 1.54) is 0 Å². The summed E-state index contributed by atoms with van der Waals surface area (Å²) in [5.41, 5.74) is 7.13. The Morgan fingerprint density at radius 3 is 1.94 bits per heavy atom. The maximum Gasteiger partial charge on any atom is 0.118 e. The van der Waals surface area contributed by atoms with E-state index in [0.717, 1.165) is 11.3 Å². The maximum absolute atomic E-state index is 6.07. The third kappa shape index (κ3) is 4.00. The number of hydrogen-bond acceptors (Lipinski definition) is 3. The molecule has 0 spiro atoms. The summed E-state index contributed by atoms with van der Waals surface area (Å²) in [5.74, 6) is 1.32. The molecular formula is C15H25NO2.